The molecule has 0 unspecified atom stereocenters. The fourth-order valence-electron chi connectivity index (χ4n) is 4.07. The summed E-state index contributed by atoms with van der Waals surface area (Å²) in [4.78, 5) is 14.5. The Labute approximate surface area is 167 Å². The highest BCUT2D eigenvalue weighted by Gasteiger charge is 2.47. The first-order valence-electron chi connectivity index (χ1n) is 10.0. The van der Waals surface area contributed by atoms with Gasteiger partial charge in [-0.1, -0.05) is 36.8 Å². The van der Waals surface area contributed by atoms with E-state index in [9.17, 15) is 18.0 Å². The Morgan fingerprint density at radius 3 is 2.45 bits per heavy atom. The summed E-state index contributed by atoms with van der Waals surface area (Å²) in [6.07, 6.45) is -2.82. The van der Waals surface area contributed by atoms with Crippen LogP contribution in [0.4, 0.5) is 19.0 Å². The van der Waals surface area contributed by atoms with Crippen LogP contribution in [0.2, 0.25) is 0 Å². The molecule has 5 nitrogen and oxygen atoms in total. The van der Waals surface area contributed by atoms with E-state index in [-0.39, 0.29) is 23.8 Å². The van der Waals surface area contributed by atoms with Crippen LogP contribution < -0.4 is 5.32 Å². The Hall–Kier alpha value is -2.51. The van der Waals surface area contributed by atoms with E-state index in [1.807, 2.05) is 31.2 Å². The second-order valence-corrected chi connectivity index (χ2v) is 8.23. The lowest BCUT2D eigenvalue weighted by Gasteiger charge is -2.33. The summed E-state index contributed by atoms with van der Waals surface area (Å²) in [5.41, 5.74) is 1.90. The van der Waals surface area contributed by atoms with Gasteiger partial charge in [-0.25, -0.2) is 4.68 Å². The number of likely N-dealkylation sites (tertiary alicyclic amines) is 1. The molecule has 0 bridgehead atoms. The summed E-state index contributed by atoms with van der Waals surface area (Å²) in [6, 6.07) is 6.65. The molecule has 0 saturated carbocycles. The summed E-state index contributed by atoms with van der Waals surface area (Å²) in [5.74, 6) is 0.493. The lowest BCUT2D eigenvalue weighted by atomic mass is 9.96. The number of nitrogens with zero attached hydrogens (tertiary/aromatic N) is 3. The number of amides is 1. The van der Waals surface area contributed by atoms with Crippen LogP contribution in [0, 0.1) is 12.8 Å². The van der Waals surface area contributed by atoms with Crippen molar-refractivity contribution >= 4 is 11.7 Å². The third kappa shape index (κ3) is 3.97. The smallest absolute Gasteiger partial charge is 0.363 e. The van der Waals surface area contributed by atoms with Gasteiger partial charge in [0.2, 0.25) is 0 Å². The number of alkyl halides is 3. The zero-order valence-corrected chi connectivity index (χ0v) is 16.5. The largest absolute Gasteiger partial charge is 0.410 e. The Morgan fingerprint density at radius 2 is 1.83 bits per heavy atom. The molecule has 1 aromatic heterocycles. The quantitative estimate of drug-likeness (QED) is 0.785. The number of benzene rings is 1. The van der Waals surface area contributed by atoms with Crippen LogP contribution in [-0.4, -0.2) is 39.9 Å². The Bertz CT molecular complexity index is 882. The molecule has 1 N–H and O–H groups in total. The van der Waals surface area contributed by atoms with Crippen molar-refractivity contribution in [3.63, 3.8) is 0 Å². The van der Waals surface area contributed by atoms with Gasteiger partial charge in [0.15, 0.2) is 11.7 Å². The van der Waals surface area contributed by atoms with Crippen molar-refractivity contribution in [1.29, 1.82) is 0 Å². The topological polar surface area (TPSA) is 50.2 Å². The summed E-state index contributed by atoms with van der Waals surface area (Å²) >= 11 is 0. The average Bonchev–Trinajstić information content (AvgIpc) is 3.11. The molecule has 0 aliphatic carbocycles. The summed E-state index contributed by atoms with van der Waals surface area (Å²) in [5, 5.41) is 7.23. The maximum atomic E-state index is 13.8. The molecule has 1 saturated heterocycles. The summed E-state index contributed by atoms with van der Waals surface area (Å²) < 4.78 is 42.3. The molecule has 8 heteroatoms. The van der Waals surface area contributed by atoms with Gasteiger partial charge in [-0.15, -0.1) is 0 Å². The van der Waals surface area contributed by atoms with Crippen LogP contribution in [0.15, 0.2) is 30.3 Å². The van der Waals surface area contributed by atoms with Gasteiger partial charge in [0.1, 0.15) is 5.82 Å². The van der Waals surface area contributed by atoms with Crippen molar-refractivity contribution in [3.8, 4) is 0 Å². The number of halogens is 3. The molecule has 29 heavy (non-hydrogen) atoms. The van der Waals surface area contributed by atoms with Gasteiger partial charge >= 0.3 is 6.18 Å². The van der Waals surface area contributed by atoms with E-state index in [1.165, 1.54) is 6.07 Å². The number of rotatable bonds is 2. The van der Waals surface area contributed by atoms with Crippen LogP contribution in [0.1, 0.15) is 59.9 Å². The van der Waals surface area contributed by atoms with Crippen molar-refractivity contribution in [1.82, 2.24) is 14.7 Å². The fraction of sp³-hybridized carbons (Fsp3) is 0.524. The van der Waals surface area contributed by atoms with Crippen molar-refractivity contribution in [2.75, 3.05) is 18.4 Å². The Morgan fingerprint density at radius 1 is 1.17 bits per heavy atom. The molecule has 0 spiro atoms. The number of anilines is 1. The lowest BCUT2D eigenvalue weighted by Crippen LogP contribution is -2.38. The highest BCUT2D eigenvalue weighted by atomic mass is 19.4. The monoisotopic (exact) mass is 406 g/mol. The zero-order chi connectivity index (χ0) is 20.8. The molecule has 1 aromatic carbocycles. The van der Waals surface area contributed by atoms with Crippen LogP contribution in [-0.2, 0) is 0 Å². The predicted octanol–water partition coefficient (Wildman–Crippen LogP) is 4.72. The van der Waals surface area contributed by atoms with Crippen LogP contribution >= 0.6 is 0 Å². The summed E-state index contributed by atoms with van der Waals surface area (Å²) in [7, 11) is 0. The number of carbonyl (C=O) groups excluding carboxylic acids is 1. The van der Waals surface area contributed by atoms with Gasteiger partial charge in [-0.05, 0) is 31.2 Å². The number of nitrogens with one attached hydrogen (secondary N) is 1. The molecule has 1 amide bonds. The molecule has 2 atom stereocenters. The van der Waals surface area contributed by atoms with Crippen molar-refractivity contribution in [2.45, 2.75) is 51.4 Å². The van der Waals surface area contributed by atoms with Crippen molar-refractivity contribution in [3.05, 3.63) is 47.2 Å². The van der Waals surface area contributed by atoms with Gasteiger partial charge in [0.25, 0.3) is 5.91 Å². The van der Waals surface area contributed by atoms with E-state index in [0.717, 1.165) is 28.7 Å². The molecule has 2 aromatic rings. The van der Waals surface area contributed by atoms with Crippen LogP contribution in [0.3, 0.4) is 0 Å². The predicted molar refractivity (Wildman–Crippen MR) is 104 cm³/mol. The molecule has 156 valence electrons. The molecule has 2 aliphatic rings. The number of aromatic nitrogens is 2. The van der Waals surface area contributed by atoms with Crippen molar-refractivity contribution < 1.29 is 18.0 Å². The average molecular weight is 406 g/mol. The fourth-order valence-corrected chi connectivity index (χ4v) is 4.07. The molecule has 3 heterocycles. The van der Waals surface area contributed by atoms with E-state index in [4.69, 9.17) is 0 Å². The molecule has 0 radical (unpaired) electrons. The van der Waals surface area contributed by atoms with Crippen molar-refractivity contribution in [2.24, 2.45) is 5.92 Å². The third-order valence-corrected chi connectivity index (χ3v) is 5.96. The van der Waals surface area contributed by atoms with Gasteiger partial charge in [-0.3, -0.25) is 4.79 Å². The highest BCUT2D eigenvalue weighted by Crippen LogP contribution is 2.43. The van der Waals surface area contributed by atoms with E-state index >= 15 is 0 Å². The minimum absolute atomic E-state index is 0.0702. The third-order valence-electron chi connectivity index (χ3n) is 5.96. The second-order valence-electron chi connectivity index (χ2n) is 8.23. The first-order valence-corrected chi connectivity index (χ1v) is 10.0. The number of hydrogen-bond donors (Lipinski definition) is 1. The first-order chi connectivity index (χ1) is 13.7. The SMILES string of the molecule is Cc1ccc([C@@H]2C[C@@H](C(F)(F)F)n3nc(C(=O)N4CCC(C)CC4)cc3N2)cc1. The van der Waals surface area contributed by atoms with Crippen LogP contribution in [0.5, 0.6) is 0 Å². The number of fused-ring (bicyclic) bond motifs is 1. The number of piperidine rings is 1. The van der Waals surface area contributed by atoms with Gasteiger partial charge < -0.3 is 10.2 Å². The molecular formula is C21H25F3N4O. The maximum Gasteiger partial charge on any atom is 0.410 e. The first kappa shape index (κ1) is 19.8. The van der Waals surface area contributed by atoms with E-state index in [0.29, 0.717) is 19.0 Å². The number of carbonyl (C=O) groups is 1. The lowest BCUT2D eigenvalue weighted by molar-refractivity contribution is -0.173. The second kappa shape index (κ2) is 7.39. The van der Waals surface area contributed by atoms with E-state index in [2.05, 4.69) is 17.3 Å². The number of aryl methyl sites for hydroxylation is 1. The minimum atomic E-state index is -4.45. The van der Waals surface area contributed by atoms with Crippen LogP contribution in [0.25, 0.3) is 0 Å². The molecule has 1 fully saturated rings. The van der Waals surface area contributed by atoms with Gasteiger partial charge in [-0.2, -0.15) is 18.3 Å². The molecular weight excluding hydrogens is 381 g/mol. The Kier molecular flexibility index (Phi) is 5.04. The molecule has 4 rings (SSSR count). The van der Waals surface area contributed by atoms with E-state index in [1.54, 1.807) is 4.90 Å². The highest BCUT2D eigenvalue weighted by molar-refractivity contribution is 5.93. The maximum absolute atomic E-state index is 13.8. The summed E-state index contributed by atoms with van der Waals surface area (Å²) in [6.45, 7) is 5.31. The zero-order valence-electron chi connectivity index (χ0n) is 16.5. The van der Waals surface area contributed by atoms with Gasteiger partial charge in [0.05, 0.1) is 6.04 Å². The normalized spacial score (nSPS) is 22.9. The Balaban J connectivity index is 1.63. The molecule has 2 aliphatic heterocycles. The number of hydrogen-bond acceptors (Lipinski definition) is 3. The van der Waals surface area contributed by atoms with E-state index < -0.39 is 18.3 Å². The minimum Gasteiger partial charge on any atom is -0.363 e. The van der Waals surface area contributed by atoms with Gasteiger partial charge in [0, 0.05) is 25.6 Å². The standard InChI is InChI=1S/C21H25F3N4O/c1-13-3-5-15(6-4-13)16-11-18(21(22,23)24)28-19(25-16)12-17(26-28)20(29)27-9-7-14(2)8-10-27/h3-6,12,14,16,18,25H,7-11H2,1-2H3/t16-,18-/m0/s1.